The lowest BCUT2D eigenvalue weighted by Gasteiger charge is -2.36. The van der Waals surface area contributed by atoms with Gasteiger partial charge in [0, 0.05) is 59.8 Å². The van der Waals surface area contributed by atoms with Crippen LogP contribution in [0, 0.1) is 17.5 Å². The van der Waals surface area contributed by atoms with Crippen LogP contribution in [-0.2, 0) is 21.4 Å². The van der Waals surface area contributed by atoms with Crippen LogP contribution in [0.2, 0.25) is 0 Å². The summed E-state index contributed by atoms with van der Waals surface area (Å²) >= 11 is 1.46. The van der Waals surface area contributed by atoms with Crippen molar-refractivity contribution < 1.29 is 32.2 Å². The van der Waals surface area contributed by atoms with Gasteiger partial charge in [0.1, 0.15) is 29.4 Å². The highest BCUT2D eigenvalue weighted by atomic mass is 32.2. The molecule has 1 saturated carbocycles. The van der Waals surface area contributed by atoms with Crippen molar-refractivity contribution in [1.29, 1.82) is 0 Å². The average Bonchev–Trinajstić information content (AvgIpc) is 3.53. The third-order valence-electron chi connectivity index (χ3n) is 8.56. The minimum atomic E-state index is -1.09. The van der Waals surface area contributed by atoms with E-state index in [2.05, 4.69) is 26.6 Å². The number of thioether (sulfide) groups is 1. The number of imidazole rings is 1. The van der Waals surface area contributed by atoms with E-state index in [1.807, 2.05) is 25.1 Å². The SMILES string of the molecule is CC1(c2cnc(-c3cc(Oc4c(F)c(F)c5[nH]ccc5c4SC4CC4)ccc3F)[nH]2)CCOc2c(CCC=O)cccc21.CCOC. The number of hydrogen-bond acceptors (Lipinski definition) is 6. The maximum Gasteiger partial charge on any atom is 0.204 e. The fourth-order valence-corrected chi connectivity index (χ4v) is 6.95. The fourth-order valence-electron chi connectivity index (χ4n) is 5.71. The number of aryl methyl sites for hydroxylation is 1. The number of fused-ring (bicyclic) bond motifs is 2. The Morgan fingerprint density at radius 3 is 2.70 bits per heavy atom. The summed E-state index contributed by atoms with van der Waals surface area (Å²) in [4.78, 5) is 22.1. The summed E-state index contributed by atoms with van der Waals surface area (Å²) in [7, 11) is 1.68. The molecule has 0 radical (unpaired) electrons. The number of H-pyrrole nitrogens is 2. The predicted octanol–water partition coefficient (Wildman–Crippen LogP) is 8.89. The van der Waals surface area contributed by atoms with Gasteiger partial charge < -0.3 is 29.0 Å². The summed E-state index contributed by atoms with van der Waals surface area (Å²) in [6.07, 6.45) is 7.79. The third-order valence-corrected chi connectivity index (χ3v) is 10.0. The maximum absolute atomic E-state index is 15.3. The van der Waals surface area contributed by atoms with Crippen molar-refractivity contribution >= 4 is 29.0 Å². The number of nitrogens with zero attached hydrogens (tertiary/aromatic N) is 1. The number of carbonyl (C=O) groups is 1. The Balaban J connectivity index is 0.000000915. The van der Waals surface area contributed by atoms with Gasteiger partial charge in [0.2, 0.25) is 5.82 Å². The Kier molecular flexibility index (Phi) is 9.65. The minimum Gasteiger partial charge on any atom is -0.493 e. The van der Waals surface area contributed by atoms with Crippen molar-refractivity contribution in [2.75, 3.05) is 20.3 Å². The number of ether oxygens (including phenoxy) is 3. The van der Waals surface area contributed by atoms with Crippen molar-refractivity contribution in [3.05, 3.63) is 89.1 Å². The molecule has 2 N–H and O–H groups in total. The van der Waals surface area contributed by atoms with Crippen LogP contribution in [0.5, 0.6) is 17.2 Å². The zero-order chi connectivity index (χ0) is 33.1. The van der Waals surface area contributed by atoms with Crippen LogP contribution in [-0.4, -0.2) is 46.8 Å². The highest BCUT2D eigenvalue weighted by molar-refractivity contribution is 8.00. The number of benzene rings is 3. The van der Waals surface area contributed by atoms with Crippen LogP contribution in [0.4, 0.5) is 13.2 Å². The molecule has 246 valence electrons. The molecule has 0 amide bonds. The molecule has 47 heavy (non-hydrogen) atoms. The van der Waals surface area contributed by atoms with Crippen molar-refractivity contribution in [3.8, 4) is 28.6 Å². The summed E-state index contributed by atoms with van der Waals surface area (Å²) in [6, 6.07) is 11.7. The second kappa shape index (κ2) is 13.9. The van der Waals surface area contributed by atoms with Crippen molar-refractivity contribution in [2.45, 2.75) is 61.5 Å². The summed E-state index contributed by atoms with van der Waals surface area (Å²) < 4.78 is 62.1. The van der Waals surface area contributed by atoms with E-state index in [9.17, 15) is 9.18 Å². The number of hydrogen-bond donors (Lipinski definition) is 2. The summed E-state index contributed by atoms with van der Waals surface area (Å²) in [5.41, 5.74) is 2.44. The van der Waals surface area contributed by atoms with Crippen molar-refractivity contribution in [1.82, 2.24) is 15.0 Å². The first-order chi connectivity index (χ1) is 22.8. The topological polar surface area (TPSA) is 89.2 Å². The predicted molar refractivity (Wildman–Crippen MR) is 176 cm³/mol. The van der Waals surface area contributed by atoms with Crippen molar-refractivity contribution in [3.63, 3.8) is 0 Å². The monoisotopic (exact) mass is 663 g/mol. The van der Waals surface area contributed by atoms with Gasteiger partial charge in [-0.3, -0.25) is 0 Å². The molecule has 1 atom stereocenters. The van der Waals surface area contributed by atoms with E-state index in [0.717, 1.165) is 48.3 Å². The number of rotatable bonds is 10. The smallest absolute Gasteiger partial charge is 0.204 e. The molecule has 1 unspecified atom stereocenters. The van der Waals surface area contributed by atoms with E-state index >= 15 is 8.78 Å². The van der Waals surface area contributed by atoms with E-state index < -0.39 is 22.9 Å². The number of aromatic nitrogens is 3. The Labute approximate surface area is 275 Å². The fraction of sp³-hybridized carbons (Fsp3) is 0.333. The Morgan fingerprint density at radius 1 is 1.15 bits per heavy atom. The van der Waals surface area contributed by atoms with Gasteiger partial charge in [-0.1, -0.05) is 18.2 Å². The van der Waals surface area contributed by atoms with E-state index in [4.69, 9.17) is 9.47 Å². The zero-order valence-electron chi connectivity index (χ0n) is 26.4. The van der Waals surface area contributed by atoms with Crippen LogP contribution in [0.1, 0.15) is 56.4 Å². The van der Waals surface area contributed by atoms with Gasteiger partial charge in [-0.2, -0.15) is 4.39 Å². The van der Waals surface area contributed by atoms with Gasteiger partial charge in [0.15, 0.2) is 11.6 Å². The molecule has 1 aliphatic heterocycles. The molecular formula is C36H36F3N3O4S. The number of carbonyl (C=O) groups excluding carboxylic acids is 1. The lowest BCUT2D eigenvalue weighted by molar-refractivity contribution is -0.107. The first-order valence-corrected chi connectivity index (χ1v) is 16.5. The first kappa shape index (κ1) is 32.7. The van der Waals surface area contributed by atoms with Gasteiger partial charge >= 0.3 is 0 Å². The van der Waals surface area contributed by atoms with Gasteiger partial charge in [-0.15, -0.1) is 11.8 Å². The number of nitrogens with one attached hydrogen (secondary N) is 2. The first-order valence-electron chi connectivity index (χ1n) is 15.6. The number of methoxy groups -OCH3 is 1. The molecule has 1 aliphatic carbocycles. The Morgan fingerprint density at radius 2 is 1.96 bits per heavy atom. The van der Waals surface area contributed by atoms with E-state index in [-0.39, 0.29) is 28.4 Å². The second-order valence-corrected chi connectivity index (χ2v) is 13.1. The molecule has 3 aromatic carbocycles. The minimum absolute atomic E-state index is 0.0925. The quantitative estimate of drug-likeness (QED) is 0.145. The summed E-state index contributed by atoms with van der Waals surface area (Å²) in [5, 5.41) is 0.858. The average molecular weight is 664 g/mol. The molecule has 0 bridgehead atoms. The van der Waals surface area contributed by atoms with Crippen LogP contribution >= 0.6 is 11.8 Å². The third kappa shape index (κ3) is 6.51. The molecule has 2 aromatic heterocycles. The van der Waals surface area contributed by atoms with Gasteiger partial charge in [-0.25, -0.2) is 13.8 Å². The maximum atomic E-state index is 15.3. The van der Waals surface area contributed by atoms with E-state index in [0.29, 0.717) is 41.4 Å². The molecule has 7 rings (SSSR count). The summed E-state index contributed by atoms with van der Waals surface area (Å²) in [5.74, 6) is -1.66. The van der Waals surface area contributed by atoms with Gasteiger partial charge in [0.05, 0.1) is 22.6 Å². The van der Waals surface area contributed by atoms with Gasteiger partial charge in [-0.05, 0) is 69.4 Å². The zero-order valence-corrected chi connectivity index (χ0v) is 27.2. The molecule has 2 aliphatic rings. The lowest BCUT2D eigenvalue weighted by atomic mass is 9.74. The lowest BCUT2D eigenvalue weighted by Crippen LogP contribution is -2.32. The largest absolute Gasteiger partial charge is 0.493 e. The molecule has 1 fully saturated rings. The molecule has 7 nitrogen and oxygen atoms in total. The van der Waals surface area contributed by atoms with Crippen LogP contribution < -0.4 is 9.47 Å². The standard InChI is InChI=1S/C33H28F3N3O3S.C3H8O/c1-33(12-15-41-29-18(5-3-14-40)4-2-6-23(29)33)25-17-38-32(39-25)22-16-19(7-10-24(22)34)42-30-27(36)26(35)28-21(11-13-37-28)31(30)43-20-8-9-20;1-3-4-2/h2,4,6-7,10-11,13-14,16-17,20,37H,3,5,8-9,12,15H2,1H3,(H,38,39);3H2,1-2H3. The van der Waals surface area contributed by atoms with Crippen LogP contribution in [0.3, 0.4) is 0 Å². The number of para-hydroxylation sites is 1. The van der Waals surface area contributed by atoms with Crippen LogP contribution in [0.15, 0.2) is 59.8 Å². The highest BCUT2D eigenvalue weighted by Gasteiger charge is 2.38. The molecule has 3 heterocycles. The Bertz CT molecular complexity index is 1900. The Hall–Kier alpha value is -4.22. The number of aromatic amines is 2. The van der Waals surface area contributed by atoms with E-state index in [1.54, 1.807) is 25.6 Å². The second-order valence-electron chi connectivity index (χ2n) is 11.8. The summed E-state index contributed by atoms with van der Waals surface area (Å²) in [6.45, 7) is 5.33. The molecule has 0 spiro atoms. The normalized spacial score (nSPS) is 17.1. The highest BCUT2D eigenvalue weighted by Crippen LogP contribution is 2.49. The number of halogens is 3. The van der Waals surface area contributed by atoms with E-state index in [1.165, 1.54) is 30.0 Å². The molecule has 11 heteroatoms. The molecular weight excluding hydrogens is 627 g/mol. The molecule has 0 saturated heterocycles. The number of aldehydes is 1. The van der Waals surface area contributed by atoms with Crippen molar-refractivity contribution in [2.24, 2.45) is 0 Å². The van der Waals surface area contributed by atoms with Gasteiger partial charge in [0.25, 0.3) is 0 Å². The van der Waals surface area contributed by atoms with Crippen LogP contribution in [0.25, 0.3) is 22.3 Å². The molecule has 5 aromatic rings.